The van der Waals surface area contributed by atoms with Gasteiger partial charge in [0.05, 0.1) is 11.2 Å². The van der Waals surface area contributed by atoms with Crippen LogP contribution in [0.4, 0.5) is 5.13 Å². The highest BCUT2D eigenvalue weighted by atomic mass is 32.1. The Labute approximate surface area is 173 Å². The van der Waals surface area contributed by atoms with Crippen molar-refractivity contribution in [3.05, 3.63) is 71.2 Å². The molecule has 0 aliphatic heterocycles. The summed E-state index contributed by atoms with van der Waals surface area (Å²) in [5, 5.41) is 6.28. The zero-order chi connectivity index (χ0) is 20.4. The minimum Gasteiger partial charge on any atom is -0.302 e. The van der Waals surface area contributed by atoms with Crippen LogP contribution in [0.15, 0.2) is 60.1 Å². The first-order chi connectivity index (χ1) is 14.0. The highest BCUT2D eigenvalue weighted by molar-refractivity contribution is 7.14. The molecular weight excluding hydrogens is 382 g/mol. The fraction of sp³-hybridized carbons (Fsp3) is 0.174. The smallest absolute Gasteiger partial charge is 0.231 e. The number of benzene rings is 2. The Bertz CT molecular complexity index is 1210. The van der Waals surface area contributed by atoms with E-state index >= 15 is 0 Å². The fourth-order valence-electron chi connectivity index (χ4n) is 3.19. The third-order valence-corrected chi connectivity index (χ3v) is 5.75. The van der Waals surface area contributed by atoms with Crippen LogP contribution in [0, 0.1) is 13.8 Å². The SMILES string of the molecule is Cc1ccc(-c2csc(NC(=O)CCC(=O)n3ccc4ccccc43)n2)cc1C. The Balaban J connectivity index is 1.37. The first kappa shape index (κ1) is 19.1. The van der Waals surface area contributed by atoms with Gasteiger partial charge in [-0.05, 0) is 43.2 Å². The van der Waals surface area contributed by atoms with E-state index in [1.165, 1.54) is 22.5 Å². The lowest BCUT2D eigenvalue weighted by Gasteiger charge is -2.05. The number of anilines is 1. The standard InChI is InChI=1S/C23H21N3O2S/c1-15-7-8-18(13-16(15)2)19-14-29-23(24-19)25-21(27)9-10-22(28)26-12-11-17-5-3-4-6-20(17)26/h3-8,11-14H,9-10H2,1-2H3,(H,24,25,27). The number of fused-ring (bicyclic) bond motifs is 1. The molecule has 0 bridgehead atoms. The molecule has 5 nitrogen and oxygen atoms in total. The van der Waals surface area contributed by atoms with E-state index in [2.05, 4.69) is 36.3 Å². The summed E-state index contributed by atoms with van der Waals surface area (Å²) in [6.45, 7) is 4.14. The molecule has 0 spiro atoms. The quantitative estimate of drug-likeness (QED) is 0.482. The molecule has 2 heterocycles. The van der Waals surface area contributed by atoms with Crippen LogP contribution in [0.1, 0.15) is 28.8 Å². The van der Waals surface area contributed by atoms with E-state index in [4.69, 9.17) is 0 Å². The van der Waals surface area contributed by atoms with Crippen molar-refractivity contribution >= 4 is 39.2 Å². The van der Waals surface area contributed by atoms with Gasteiger partial charge in [0.2, 0.25) is 11.8 Å². The monoisotopic (exact) mass is 403 g/mol. The normalized spacial score (nSPS) is 11.0. The number of aromatic nitrogens is 2. The maximum atomic E-state index is 12.5. The summed E-state index contributed by atoms with van der Waals surface area (Å²) in [6.07, 6.45) is 2.01. The average molecular weight is 404 g/mol. The van der Waals surface area contributed by atoms with Crippen LogP contribution in [0.5, 0.6) is 0 Å². The lowest BCUT2D eigenvalue weighted by atomic mass is 10.1. The molecule has 4 rings (SSSR count). The Morgan fingerprint density at radius 3 is 2.69 bits per heavy atom. The number of amides is 1. The number of para-hydroxylation sites is 1. The molecule has 2 aromatic carbocycles. The van der Waals surface area contributed by atoms with E-state index in [0.29, 0.717) is 5.13 Å². The lowest BCUT2D eigenvalue weighted by Crippen LogP contribution is -2.16. The van der Waals surface area contributed by atoms with E-state index in [-0.39, 0.29) is 24.7 Å². The molecule has 0 aliphatic carbocycles. The number of nitrogens with one attached hydrogen (secondary N) is 1. The Morgan fingerprint density at radius 1 is 1.03 bits per heavy atom. The minimum atomic E-state index is -0.212. The van der Waals surface area contributed by atoms with Gasteiger partial charge in [0, 0.05) is 35.4 Å². The molecule has 0 radical (unpaired) electrons. The summed E-state index contributed by atoms with van der Waals surface area (Å²) in [5.74, 6) is -0.313. The van der Waals surface area contributed by atoms with Crippen molar-refractivity contribution in [3.8, 4) is 11.3 Å². The van der Waals surface area contributed by atoms with Crippen LogP contribution in [0.2, 0.25) is 0 Å². The van der Waals surface area contributed by atoms with Crippen molar-refractivity contribution in [2.45, 2.75) is 26.7 Å². The molecule has 6 heteroatoms. The molecule has 0 unspecified atom stereocenters. The first-order valence-corrected chi connectivity index (χ1v) is 10.3. The van der Waals surface area contributed by atoms with Crippen molar-refractivity contribution in [3.63, 3.8) is 0 Å². The van der Waals surface area contributed by atoms with Gasteiger partial charge < -0.3 is 5.32 Å². The molecule has 0 atom stereocenters. The Kier molecular flexibility index (Phi) is 5.27. The second-order valence-corrected chi connectivity index (χ2v) is 7.88. The third-order valence-electron chi connectivity index (χ3n) is 4.99. The predicted octanol–water partition coefficient (Wildman–Crippen LogP) is 5.44. The molecule has 2 aromatic heterocycles. The van der Waals surface area contributed by atoms with Crippen molar-refractivity contribution in [2.24, 2.45) is 0 Å². The molecule has 0 saturated heterocycles. The Hall–Kier alpha value is -3.25. The van der Waals surface area contributed by atoms with Gasteiger partial charge in [-0.2, -0.15) is 0 Å². The van der Waals surface area contributed by atoms with Gasteiger partial charge in [0.25, 0.3) is 0 Å². The van der Waals surface area contributed by atoms with Crippen molar-refractivity contribution in [2.75, 3.05) is 5.32 Å². The van der Waals surface area contributed by atoms with E-state index < -0.39 is 0 Å². The predicted molar refractivity (Wildman–Crippen MR) is 117 cm³/mol. The zero-order valence-corrected chi connectivity index (χ0v) is 17.1. The third kappa shape index (κ3) is 4.12. The summed E-state index contributed by atoms with van der Waals surface area (Å²) in [6, 6.07) is 15.8. The summed E-state index contributed by atoms with van der Waals surface area (Å²) in [7, 11) is 0. The summed E-state index contributed by atoms with van der Waals surface area (Å²) < 4.78 is 1.60. The van der Waals surface area contributed by atoms with Crippen LogP contribution in [0.25, 0.3) is 22.2 Å². The molecule has 1 amide bonds. The largest absolute Gasteiger partial charge is 0.302 e. The molecule has 1 N–H and O–H groups in total. The van der Waals surface area contributed by atoms with Gasteiger partial charge in [-0.25, -0.2) is 4.98 Å². The van der Waals surface area contributed by atoms with E-state index in [0.717, 1.165) is 22.2 Å². The maximum Gasteiger partial charge on any atom is 0.231 e. The number of hydrogen-bond donors (Lipinski definition) is 1. The number of hydrogen-bond acceptors (Lipinski definition) is 4. The molecule has 29 heavy (non-hydrogen) atoms. The number of nitrogens with zero attached hydrogens (tertiary/aromatic N) is 2. The molecular formula is C23H21N3O2S. The molecule has 146 valence electrons. The van der Waals surface area contributed by atoms with Crippen molar-refractivity contribution < 1.29 is 9.59 Å². The van der Waals surface area contributed by atoms with E-state index in [1.807, 2.05) is 41.8 Å². The van der Waals surface area contributed by atoms with Crippen LogP contribution >= 0.6 is 11.3 Å². The second kappa shape index (κ2) is 8.01. The summed E-state index contributed by atoms with van der Waals surface area (Å²) >= 11 is 1.38. The van der Waals surface area contributed by atoms with Gasteiger partial charge in [-0.3, -0.25) is 14.2 Å². The van der Waals surface area contributed by atoms with E-state index in [1.54, 1.807) is 10.8 Å². The fourth-order valence-corrected chi connectivity index (χ4v) is 3.92. The number of aryl methyl sites for hydroxylation is 2. The van der Waals surface area contributed by atoms with Crippen molar-refractivity contribution in [1.29, 1.82) is 0 Å². The maximum absolute atomic E-state index is 12.5. The minimum absolute atomic E-state index is 0.101. The first-order valence-electron chi connectivity index (χ1n) is 9.43. The molecule has 0 fully saturated rings. The van der Waals surface area contributed by atoms with Gasteiger partial charge in [0.1, 0.15) is 0 Å². The van der Waals surface area contributed by atoms with Crippen LogP contribution in [-0.2, 0) is 4.79 Å². The lowest BCUT2D eigenvalue weighted by molar-refractivity contribution is -0.116. The van der Waals surface area contributed by atoms with E-state index in [9.17, 15) is 9.59 Å². The highest BCUT2D eigenvalue weighted by Crippen LogP contribution is 2.26. The molecule has 0 aliphatic rings. The zero-order valence-electron chi connectivity index (χ0n) is 16.3. The Morgan fingerprint density at radius 2 is 1.86 bits per heavy atom. The molecule has 4 aromatic rings. The van der Waals surface area contributed by atoms with Gasteiger partial charge in [-0.15, -0.1) is 11.3 Å². The topological polar surface area (TPSA) is 64.0 Å². The van der Waals surface area contributed by atoms with Crippen LogP contribution < -0.4 is 5.32 Å². The summed E-state index contributed by atoms with van der Waals surface area (Å²) in [4.78, 5) is 29.3. The summed E-state index contributed by atoms with van der Waals surface area (Å²) in [5.41, 5.74) is 5.16. The number of carbonyl (C=O) groups is 2. The van der Waals surface area contributed by atoms with Crippen molar-refractivity contribution in [1.82, 2.24) is 9.55 Å². The average Bonchev–Trinajstić information content (AvgIpc) is 3.35. The van der Waals surface area contributed by atoms with Gasteiger partial charge in [-0.1, -0.05) is 30.3 Å². The number of rotatable bonds is 5. The van der Waals surface area contributed by atoms with Gasteiger partial charge >= 0.3 is 0 Å². The number of thiazole rings is 1. The number of carbonyl (C=O) groups excluding carboxylic acids is 2. The second-order valence-electron chi connectivity index (χ2n) is 7.02. The van der Waals surface area contributed by atoms with Crippen LogP contribution in [-0.4, -0.2) is 21.4 Å². The van der Waals surface area contributed by atoms with Gasteiger partial charge in [0.15, 0.2) is 5.13 Å². The van der Waals surface area contributed by atoms with Crippen LogP contribution in [0.3, 0.4) is 0 Å². The highest BCUT2D eigenvalue weighted by Gasteiger charge is 2.13. The molecule has 0 saturated carbocycles.